The summed E-state index contributed by atoms with van der Waals surface area (Å²) in [5.74, 6) is 0.147. The van der Waals surface area contributed by atoms with E-state index in [1.165, 1.54) is 0 Å². The molecule has 6 heteroatoms. The van der Waals surface area contributed by atoms with E-state index >= 15 is 0 Å². The smallest absolute Gasteiger partial charge is 0.228 e. The summed E-state index contributed by atoms with van der Waals surface area (Å²) in [6.45, 7) is 2.79. The Labute approximate surface area is 154 Å². The number of methoxy groups -OCH3 is 2. The molecule has 1 aliphatic heterocycles. The molecule has 26 heavy (non-hydrogen) atoms. The maximum Gasteiger partial charge on any atom is 0.228 e. The Morgan fingerprint density at radius 1 is 1.38 bits per heavy atom. The monoisotopic (exact) mass is 357 g/mol. The van der Waals surface area contributed by atoms with Gasteiger partial charge in [0.2, 0.25) is 5.91 Å². The number of ether oxygens (including phenoxy) is 2. The molecule has 0 radical (unpaired) electrons. The van der Waals surface area contributed by atoms with E-state index in [9.17, 15) is 4.79 Å². The minimum absolute atomic E-state index is 0.0969. The summed E-state index contributed by atoms with van der Waals surface area (Å²) >= 11 is 0. The van der Waals surface area contributed by atoms with E-state index in [0.717, 1.165) is 49.1 Å². The zero-order valence-electron chi connectivity index (χ0n) is 15.8. The molecule has 0 N–H and O–H groups in total. The molecule has 0 spiro atoms. The van der Waals surface area contributed by atoms with Crippen LogP contribution < -0.4 is 0 Å². The van der Waals surface area contributed by atoms with Gasteiger partial charge < -0.3 is 18.8 Å². The van der Waals surface area contributed by atoms with Gasteiger partial charge in [0.15, 0.2) is 0 Å². The van der Waals surface area contributed by atoms with Crippen molar-refractivity contribution < 1.29 is 14.3 Å². The summed E-state index contributed by atoms with van der Waals surface area (Å²) in [4.78, 5) is 19.6. The van der Waals surface area contributed by atoms with Crippen LogP contribution in [0.3, 0.4) is 0 Å². The van der Waals surface area contributed by atoms with Crippen molar-refractivity contribution in [2.45, 2.75) is 56.8 Å². The Morgan fingerprint density at radius 2 is 2.23 bits per heavy atom. The molecule has 0 bridgehead atoms. The average molecular weight is 357 g/mol. The summed E-state index contributed by atoms with van der Waals surface area (Å²) in [7, 11) is 3.54. The Kier molecular flexibility index (Phi) is 4.49. The lowest BCUT2D eigenvalue weighted by Crippen LogP contribution is -2.53. The predicted octanol–water partition coefficient (Wildman–Crippen LogP) is 2.37. The number of imidazole rings is 1. The standard InChI is InChI=1S/C20H27N3O3/c1-14-5-4-9-22-15(13-21-19(14)22)11-18(24)23-10-8-20(26-3)7-6-16(25-2)12-17(20)23/h4-5,9,13,16-17H,6-8,10-12H2,1-3H3/t16-,17+,20-/m1/s1. The van der Waals surface area contributed by atoms with Crippen molar-refractivity contribution in [1.29, 1.82) is 0 Å². The van der Waals surface area contributed by atoms with Gasteiger partial charge in [-0.15, -0.1) is 0 Å². The molecule has 1 saturated heterocycles. The van der Waals surface area contributed by atoms with Crippen LogP contribution in [0.15, 0.2) is 24.5 Å². The highest BCUT2D eigenvalue weighted by Gasteiger charge is 2.52. The van der Waals surface area contributed by atoms with Gasteiger partial charge in [-0.2, -0.15) is 0 Å². The normalized spacial score (nSPS) is 28.5. The molecule has 2 fully saturated rings. The van der Waals surface area contributed by atoms with Crippen molar-refractivity contribution in [2.75, 3.05) is 20.8 Å². The summed E-state index contributed by atoms with van der Waals surface area (Å²) in [5.41, 5.74) is 2.75. The van der Waals surface area contributed by atoms with Crippen molar-refractivity contribution in [2.24, 2.45) is 0 Å². The molecule has 1 saturated carbocycles. The molecular weight excluding hydrogens is 330 g/mol. The lowest BCUT2D eigenvalue weighted by molar-refractivity contribution is -0.140. The Balaban J connectivity index is 1.56. The van der Waals surface area contributed by atoms with Crippen molar-refractivity contribution in [3.8, 4) is 0 Å². The Morgan fingerprint density at radius 3 is 3.00 bits per heavy atom. The molecule has 1 aliphatic carbocycles. The highest BCUT2D eigenvalue weighted by Crippen LogP contribution is 2.43. The van der Waals surface area contributed by atoms with Crippen LogP contribution in [0.4, 0.5) is 0 Å². The molecule has 3 heterocycles. The van der Waals surface area contributed by atoms with Gasteiger partial charge in [-0.25, -0.2) is 4.98 Å². The number of aryl methyl sites for hydroxylation is 1. The highest BCUT2D eigenvalue weighted by molar-refractivity contribution is 5.79. The van der Waals surface area contributed by atoms with Gasteiger partial charge in [0.1, 0.15) is 5.65 Å². The first-order valence-electron chi connectivity index (χ1n) is 9.37. The van der Waals surface area contributed by atoms with E-state index in [0.29, 0.717) is 6.42 Å². The number of carbonyl (C=O) groups excluding carboxylic acids is 1. The molecule has 2 aromatic heterocycles. The number of hydrogen-bond acceptors (Lipinski definition) is 4. The zero-order chi connectivity index (χ0) is 18.3. The lowest BCUT2D eigenvalue weighted by atomic mass is 9.79. The van der Waals surface area contributed by atoms with Gasteiger partial charge in [0, 0.05) is 33.2 Å². The number of fused-ring (bicyclic) bond motifs is 2. The molecule has 4 rings (SSSR count). The fraction of sp³-hybridized carbons (Fsp3) is 0.600. The van der Waals surface area contributed by atoms with Crippen LogP contribution >= 0.6 is 0 Å². The third kappa shape index (κ3) is 2.72. The molecule has 140 valence electrons. The van der Waals surface area contributed by atoms with Crippen molar-refractivity contribution >= 4 is 11.6 Å². The van der Waals surface area contributed by atoms with Crippen molar-refractivity contribution in [3.05, 3.63) is 35.8 Å². The molecule has 6 nitrogen and oxygen atoms in total. The molecule has 1 amide bonds. The van der Waals surface area contributed by atoms with Crippen LogP contribution in [0.2, 0.25) is 0 Å². The van der Waals surface area contributed by atoms with Gasteiger partial charge in [-0.05, 0) is 44.2 Å². The van der Waals surface area contributed by atoms with E-state index in [1.807, 2.05) is 40.8 Å². The summed E-state index contributed by atoms with van der Waals surface area (Å²) in [6, 6.07) is 4.13. The van der Waals surface area contributed by atoms with Crippen LogP contribution in [0.1, 0.15) is 36.9 Å². The zero-order valence-corrected chi connectivity index (χ0v) is 15.8. The van der Waals surface area contributed by atoms with Crippen molar-refractivity contribution in [3.63, 3.8) is 0 Å². The van der Waals surface area contributed by atoms with Crippen LogP contribution in [0.5, 0.6) is 0 Å². The predicted molar refractivity (Wildman–Crippen MR) is 98.1 cm³/mol. The number of carbonyl (C=O) groups is 1. The first-order valence-corrected chi connectivity index (χ1v) is 9.37. The SMILES string of the molecule is CO[C@@H]1CC[C@@]2(OC)CCN(C(=O)Cc3cnc4c(C)cccn34)[C@H]2C1. The number of nitrogens with zero attached hydrogens (tertiary/aromatic N) is 3. The second-order valence-electron chi connectivity index (χ2n) is 7.57. The maximum atomic E-state index is 13.1. The fourth-order valence-electron chi connectivity index (χ4n) is 4.76. The molecule has 2 aromatic rings. The number of aromatic nitrogens is 2. The van der Waals surface area contributed by atoms with Crippen LogP contribution in [0, 0.1) is 6.92 Å². The van der Waals surface area contributed by atoms with Gasteiger partial charge in [0.25, 0.3) is 0 Å². The largest absolute Gasteiger partial charge is 0.381 e. The molecule has 2 aliphatic rings. The Bertz CT molecular complexity index is 818. The second kappa shape index (κ2) is 6.67. The number of pyridine rings is 1. The third-order valence-electron chi connectivity index (χ3n) is 6.34. The van der Waals surface area contributed by atoms with Crippen molar-refractivity contribution in [1.82, 2.24) is 14.3 Å². The number of hydrogen-bond donors (Lipinski definition) is 0. The number of rotatable bonds is 4. The number of amides is 1. The van der Waals surface area contributed by atoms with Crippen LogP contribution in [-0.2, 0) is 20.7 Å². The molecule has 0 aromatic carbocycles. The first kappa shape index (κ1) is 17.5. The van der Waals surface area contributed by atoms with E-state index < -0.39 is 0 Å². The van der Waals surface area contributed by atoms with Crippen LogP contribution in [-0.4, -0.2) is 58.7 Å². The second-order valence-corrected chi connectivity index (χ2v) is 7.57. The minimum atomic E-state index is -0.208. The summed E-state index contributed by atoms with van der Waals surface area (Å²) in [5, 5.41) is 0. The fourth-order valence-corrected chi connectivity index (χ4v) is 4.76. The minimum Gasteiger partial charge on any atom is -0.381 e. The van der Waals surface area contributed by atoms with E-state index in [4.69, 9.17) is 9.47 Å². The topological polar surface area (TPSA) is 56.1 Å². The molecule has 3 atom stereocenters. The highest BCUT2D eigenvalue weighted by atomic mass is 16.5. The molecule has 0 unspecified atom stereocenters. The van der Waals surface area contributed by atoms with Gasteiger partial charge in [0.05, 0.1) is 29.9 Å². The Hall–Kier alpha value is -1.92. The number of likely N-dealkylation sites (tertiary alicyclic amines) is 1. The maximum absolute atomic E-state index is 13.1. The van der Waals surface area contributed by atoms with Crippen LogP contribution in [0.25, 0.3) is 5.65 Å². The van der Waals surface area contributed by atoms with Gasteiger partial charge in [-0.3, -0.25) is 4.79 Å². The quantitative estimate of drug-likeness (QED) is 0.843. The molecular formula is C20H27N3O3. The van der Waals surface area contributed by atoms with E-state index in [2.05, 4.69) is 4.98 Å². The summed E-state index contributed by atoms with van der Waals surface area (Å²) < 4.78 is 13.5. The summed E-state index contributed by atoms with van der Waals surface area (Å²) in [6.07, 6.45) is 8.06. The van der Waals surface area contributed by atoms with E-state index in [1.54, 1.807) is 14.2 Å². The first-order chi connectivity index (χ1) is 12.6. The lowest BCUT2D eigenvalue weighted by Gasteiger charge is -2.43. The van der Waals surface area contributed by atoms with Gasteiger partial charge >= 0.3 is 0 Å². The average Bonchev–Trinajstić information content (AvgIpc) is 3.24. The van der Waals surface area contributed by atoms with E-state index in [-0.39, 0.29) is 23.7 Å². The van der Waals surface area contributed by atoms with Gasteiger partial charge in [-0.1, -0.05) is 6.07 Å². The third-order valence-corrected chi connectivity index (χ3v) is 6.34.